The molecule has 0 saturated carbocycles. The highest BCUT2D eigenvalue weighted by molar-refractivity contribution is 5.73. The standard InChI is InChI=1S/C11H21NO3/c1-3-4-6-12-7-5-10(13)9(8-12)11(14)15-2/h9-10,13H,3-8H2,1-2H3/t9-,10-/m1/s1. The smallest absolute Gasteiger partial charge is 0.312 e. The van der Waals surface area contributed by atoms with Crippen molar-refractivity contribution in [3.63, 3.8) is 0 Å². The summed E-state index contributed by atoms with van der Waals surface area (Å²) in [6, 6.07) is 0. The Morgan fingerprint density at radius 3 is 2.93 bits per heavy atom. The maximum atomic E-state index is 11.4. The summed E-state index contributed by atoms with van der Waals surface area (Å²) < 4.78 is 4.69. The molecule has 1 heterocycles. The first-order valence-corrected chi connectivity index (χ1v) is 5.67. The van der Waals surface area contributed by atoms with E-state index in [9.17, 15) is 9.90 Å². The van der Waals surface area contributed by atoms with Crippen LogP contribution in [0.3, 0.4) is 0 Å². The van der Waals surface area contributed by atoms with Gasteiger partial charge in [-0.1, -0.05) is 13.3 Å². The van der Waals surface area contributed by atoms with E-state index in [1.807, 2.05) is 0 Å². The van der Waals surface area contributed by atoms with Gasteiger partial charge in [0.05, 0.1) is 19.1 Å². The van der Waals surface area contributed by atoms with Crippen LogP contribution in [0.1, 0.15) is 26.2 Å². The van der Waals surface area contributed by atoms with Crippen molar-refractivity contribution in [2.75, 3.05) is 26.7 Å². The highest BCUT2D eigenvalue weighted by Crippen LogP contribution is 2.18. The van der Waals surface area contributed by atoms with Crippen LogP contribution in [0.2, 0.25) is 0 Å². The fraction of sp³-hybridized carbons (Fsp3) is 0.909. The molecule has 4 nitrogen and oxygen atoms in total. The lowest BCUT2D eigenvalue weighted by Gasteiger charge is -2.34. The van der Waals surface area contributed by atoms with Gasteiger partial charge in [0, 0.05) is 13.1 Å². The van der Waals surface area contributed by atoms with Crippen molar-refractivity contribution in [1.82, 2.24) is 4.90 Å². The Kier molecular flexibility index (Phi) is 5.05. The van der Waals surface area contributed by atoms with E-state index in [2.05, 4.69) is 16.6 Å². The van der Waals surface area contributed by atoms with E-state index in [1.54, 1.807) is 0 Å². The molecule has 88 valence electrons. The number of carbonyl (C=O) groups excluding carboxylic acids is 1. The topological polar surface area (TPSA) is 49.8 Å². The molecule has 1 fully saturated rings. The van der Waals surface area contributed by atoms with E-state index in [0.717, 1.165) is 25.9 Å². The van der Waals surface area contributed by atoms with Gasteiger partial charge in [0.1, 0.15) is 0 Å². The van der Waals surface area contributed by atoms with E-state index in [4.69, 9.17) is 0 Å². The lowest BCUT2D eigenvalue weighted by molar-refractivity contribution is -0.152. The van der Waals surface area contributed by atoms with E-state index < -0.39 is 6.10 Å². The maximum absolute atomic E-state index is 11.4. The van der Waals surface area contributed by atoms with Gasteiger partial charge < -0.3 is 14.7 Å². The Morgan fingerprint density at radius 2 is 2.33 bits per heavy atom. The van der Waals surface area contributed by atoms with Gasteiger partial charge in [-0.25, -0.2) is 0 Å². The fourth-order valence-electron chi connectivity index (χ4n) is 1.97. The molecule has 0 unspecified atom stereocenters. The van der Waals surface area contributed by atoms with Crippen molar-refractivity contribution in [1.29, 1.82) is 0 Å². The van der Waals surface area contributed by atoms with Gasteiger partial charge in [-0.3, -0.25) is 4.79 Å². The Bertz CT molecular complexity index is 206. The van der Waals surface area contributed by atoms with E-state index in [-0.39, 0.29) is 11.9 Å². The lowest BCUT2D eigenvalue weighted by Crippen LogP contribution is -2.47. The molecular formula is C11H21NO3. The molecule has 1 aliphatic rings. The van der Waals surface area contributed by atoms with E-state index >= 15 is 0 Å². The zero-order valence-corrected chi connectivity index (χ0v) is 9.61. The largest absolute Gasteiger partial charge is 0.469 e. The van der Waals surface area contributed by atoms with Gasteiger partial charge >= 0.3 is 5.97 Å². The number of carbonyl (C=O) groups is 1. The van der Waals surface area contributed by atoms with Crippen molar-refractivity contribution in [2.24, 2.45) is 5.92 Å². The molecular weight excluding hydrogens is 194 g/mol. The number of rotatable bonds is 4. The van der Waals surface area contributed by atoms with Crippen LogP contribution >= 0.6 is 0 Å². The summed E-state index contributed by atoms with van der Waals surface area (Å²) in [5.41, 5.74) is 0. The second-order valence-electron chi connectivity index (χ2n) is 4.14. The minimum Gasteiger partial charge on any atom is -0.469 e. The zero-order valence-electron chi connectivity index (χ0n) is 9.61. The van der Waals surface area contributed by atoms with Crippen LogP contribution < -0.4 is 0 Å². The van der Waals surface area contributed by atoms with Crippen molar-refractivity contribution >= 4 is 5.97 Å². The molecule has 2 atom stereocenters. The summed E-state index contributed by atoms with van der Waals surface area (Å²) in [6.07, 6.45) is 2.44. The zero-order chi connectivity index (χ0) is 11.3. The predicted molar refractivity (Wildman–Crippen MR) is 57.5 cm³/mol. The number of likely N-dealkylation sites (tertiary alicyclic amines) is 1. The molecule has 0 bridgehead atoms. The Morgan fingerprint density at radius 1 is 1.60 bits per heavy atom. The van der Waals surface area contributed by atoms with Crippen LogP contribution in [-0.2, 0) is 9.53 Å². The molecule has 0 amide bonds. The van der Waals surface area contributed by atoms with Crippen LogP contribution in [0.15, 0.2) is 0 Å². The number of aliphatic hydroxyl groups is 1. The number of hydrogen-bond acceptors (Lipinski definition) is 4. The Hall–Kier alpha value is -0.610. The second kappa shape index (κ2) is 6.08. The summed E-state index contributed by atoms with van der Waals surface area (Å²) in [5.74, 6) is -0.649. The number of unbranched alkanes of at least 4 members (excludes halogenated alkanes) is 1. The molecule has 0 radical (unpaired) electrons. The number of methoxy groups -OCH3 is 1. The van der Waals surface area contributed by atoms with Gasteiger partial charge in [0.2, 0.25) is 0 Å². The number of nitrogens with zero attached hydrogens (tertiary/aromatic N) is 1. The van der Waals surface area contributed by atoms with Gasteiger partial charge in [0.25, 0.3) is 0 Å². The minimum absolute atomic E-state index is 0.288. The molecule has 0 aromatic rings. The molecule has 1 rings (SSSR count). The predicted octanol–water partition coefficient (Wildman–Crippen LogP) is 0.642. The molecule has 1 aliphatic heterocycles. The van der Waals surface area contributed by atoms with Crippen LogP contribution in [0.25, 0.3) is 0 Å². The average Bonchev–Trinajstić information content (AvgIpc) is 2.27. The molecule has 1 saturated heterocycles. The van der Waals surface area contributed by atoms with Crippen molar-refractivity contribution < 1.29 is 14.6 Å². The molecule has 0 spiro atoms. The first-order chi connectivity index (χ1) is 7.19. The van der Waals surface area contributed by atoms with Crippen LogP contribution in [0, 0.1) is 5.92 Å². The van der Waals surface area contributed by atoms with E-state index in [0.29, 0.717) is 13.0 Å². The third kappa shape index (κ3) is 3.47. The third-order valence-electron chi connectivity index (χ3n) is 2.99. The molecule has 0 aliphatic carbocycles. The van der Waals surface area contributed by atoms with Crippen LogP contribution in [0.4, 0.5) is 0 Å². The molecule has 4 heteroatoms. The molecule has 0 aromatic heterocycles. The van der Waals surface area contributed by atoms with Gasteiger partial charge in [-0.2, -0.15) is 0 Å². The van der Waals surface area contributed by atoms with Gasteiger partial charge in [0.15, 0.2) is 0 Å². The number of ether oxygens (including phenoxy) is 1. The van der Waals surface area contributed by atoms with Crippen LogP contribution in [0.5, 0.6) is 0 Å². The maximum Gasteiger partial charge on any atom is 0.312 e. The number of esters is 1. The first-order valence-electron chi connectivity index (χ1n) is 5.67. The summed E-state index contributed by atoms with van der Waals surface area (Å²) in [5, 5.41) is 9.69. The molecule has 0 aromatic carbocycles. The Balaban J connectivity index is 2.44. The normalized spacial score (nSPS) is 27.7. The van der Waals surface area contributed by atoms with E-state index in [1.165, 1.54) is 7.11 Å². The number of aliphatic hydroxyl groups excluding tert-OH is 1. The summed E-state index contributed by atoms with van der Waals surface area (Å²) in [4.78, 5) is 13.6. The quantitative estimate of drug-likeness (QED) is 0.699. The Labute approximate surface area is 91.2 Å². The van der Waals surface area contributed by atoms with Crippen molar-refractivity contribution in [3.8, 4) is 0 Å². The van der Waals surface area contributed by atoms with Crippen molar-refractivity contribution in [3.05, 3.63) is 0 Å². The summed E-state index contributed by atoms with van der Waals surface area (Å²) in [7, 11) is 1.38. The molecule has 15 heavy (non-hydrogen) atoms. The van der Waals surface area contributed by atoms with Gasteiger partial charge in [-0.15, -0.1) is 0 Å². The SMILES string of the molecule is CCCCN1CC[C@@H](O)[C@H](C(=O)OC)C1. The molecule has 1 N–H and O–H groups in total. The van der Waals surface area contributed by atoms with Crippen molar-refractivity contribution in [2.45, 2.75) is 32.3 Å². The van der Waals surface area contributed by atoms with Gasteiger partial charge in [-0.05, 0) is 19.4 Å². The minimum atomic E-state index is -0.532. The lowest BCUT2D eigenvalue weighted by atomic mass is 9.94. The summed E-state index contributed by atoms with van der Waals surface area (Å²) in [6.45, 7) is 4.68. The monoisotopic (exact) mass is 215 g/mol. The first kappa shape index (κ1) is 12.5. The summed E-state index contributed by atoms with van der Waals surface area (Å²) >= 11 is 0. The average molecular weight is 215 g/mol. The van der Waals surface area contributed by atoms with Crippen LogP contribution in [-0.4, -0.2) is 48.8 Å². The number of piperidine rings is 1. The second-order valence-corrected chi connectivity index (χ2v) is 4.14. The number of hydrogen-bond donors (Lipinski definition) is 1. The highest BCUT2D eigenvalue weighted by atomic mass is 16.5. The third-order valence-corrected chi connectivity index (χ3v) is 2.99. The highest BCUT2D eigenvalue weighted by Gasteiger charge is 2.33. The fourth-order valence-corrected chi connectivity index (χ4v) is 1.97.